The molecule has 0 bridgehead atoms. The zero-order valence-electron chi connectivity index (χ0n) is 21.0. The normalized spacial score (nSPS) is 18.7. The van der Waals surface area contributed by atoms with Crippen molar-refractivity contribution < 1.29 is 19.3 Å². The number of nitrogens with one attached hydrogen (secondary N) is 2. The largest absolute Gasteiger partial charge is 0.506 e. The van der Waals surface area contributed by atoms with Crippen LogP contribution in [0.15, 0.2) is 65.0 Å². The summed E-state index contributed by atoms with van der Waals surface area (Å²) >= 11 is 0. The van der Waals surface area contributed by atoms with Crippen LogP contribution in [-0.2, 0) is 11.3 Å². The first kappa shape index (κ1) is 26.8. The Morgan fingerprint density at radius 3 is 2.43 bits per heavy atom. The van der Waals surface area contributed by atoms with E-state index in [0.717, 1.165) is 49.5 Å². The Morgan fingerprint density at radius 2 is 1.76 bits per heavy atom. The van der Waals surface area contributed by atoms with Crippen LogP contribution in [-0.4, -0.2) is 73.7 Å². The fourth-order valence-corrected chi connectivity index (χ4v) is 4.37. The predicted molar refractivity (Wildman–Crippen MR) is 143 cm³/mol. The van der Waals surface area contributed by atoms with Crippen molar-refractivity contribution in [1.82, 2.24) is 15.5 Å². The molecule has 0 spiro atoms. The molecule has 2 aliphatic heterocycles. The summed E-state index contributed by atoms with van der Waals surface area (Å²) in [4.78, 5) is 6.14. The highest BCUT2D eigenvalue weighted by molar-refractivity contribution is 5.60. The number of alkyl halides is 1. The number of halogens is 1. The number of ether oxygens (including phenoxy) is 1. The zero-order chi connectivity index (χ0) is 25.9. The molecule has 2 heterocycles. The Bertz CT molecular complexity index is 1120. The minimum Gasteiger partial charge on any atom is -0.506 e. The summed E-state index contributed by atoms with van der Waals surface area (Å²) in [5.74, 6) is 6.31. The van der Waals surface area contributed by atoms with Crippen molar-refractivity contribution >= 4 is 6.34 Å². The van der Waals surface area contributed by atoms with Gasteiger partial charge in [0.05, 0.1) is 31.9 Å². The van der Waals surface area contributed by atoms with E-state index in [1.54, 1.807) is 0 Å². The average Bonchev–Trinajstić information content (AvgIpc) is 2.93. The third-order valence-corrected chi connectivity index (χ3v) is 6.53. The molecule has 2 unspecified atom stereocenters. The van der Waals surface area contributed by atoms with Crippen molar-refractivity contribution in [2.24, 2.45) is 4.99 Å². The van der Waals surface area contributed by atoms with Crippen LogP contribution in [0.25, 0.3) is 0 Å². The van der Waals surface area contributed by atoms with Gasteiger partial charge in [0.25, 0.3) is 0 Å². The third kappa shape index (κ3) is 8.14. The summed E-state index contributed by atoms with van der Waals surface area (Å²) in [7, 11) is 0. The quantitative estimate of drug-likeness (QED) is 0.293. The zero-order valence-corrected chi connectivity index (χ0v) is 21.0. The summed E-state index contributed by atoms with van der Waals surface area (Å²) in [6, 6.07) is 16.4. The maximum atomic E-state index is 12.5. The number of hydrogen-bond acceptors (Lipinski definition) is 7. The van der Waals surface area contributed by atoms with Crippen molar-refractivity contribution in [2.45, 2.75) is 31.5 Å². The van der Waals surface area contributed by atoms with Crippen molar-refractivity contribution in [3.8, 4) is 11.8 Å². The van der Waals surface area contributed by atoms with Crippen molar-refractivity contribution in [3.05, 3.63) is 82.2 Å². The van der Waals surface area contributed by atoms with Gasteiger partial charge in [-0.3, -0.25) is 9.29 Å². The molecule has 7 nitrogen and oxygen atoms in total. The summed E-state index contributed by atoms with van der Waals surface area (Å²) < 4.78 is 17.9. The maximum absolute atomic E-state index is 12.5. The topological polar surface area (TPSA) is 89.4 Å². The first-order valence-electron chi connectivity index (χ1n) is 12.8. The van der Waals surface area contributed by atoms with Crippen molar-refractivity contribution in [2.75, 3.05) is 46.1 Å². The molecular weight excluding hydrogens is 471 g/mol. The molecule has 0 radical (unpaired) electrons. The molecule has 1 fully saturated rings. The van der Waals surface area contributed by atoms with Gasteiger partial charge in [-0.2, -0.15) is 0 Å². The minimum atomic E-state index is -1.25. The van der Waals surface area contributed by atoms with Crippen LogP contribution in [0.1, 0.15) is 41.0 Å². The molecule has 2 aliphatic rings. The molecule has 0 amide bonds. The lowest BCUT2D eigenvalue weighted by Crippen LogP contribution is -2.35. The van der Waals surface area contributed by atoms with Gasteiger partial charge in [-0.15, -0.1) is 0 Å². The number of benzene rings is 2. The SMILES string of the molecule is OC1=C(CC(CNCCCF)c2ccc(C#Cc3ccc(CN4CCOCC4)cc3)cc2)NC=NC1O. The molecule has 2 atom stereocenters. The first-order valence-corrected chi connectivity index (χ1v) is 12.8. The Kier molecular flexibility index (Phi) is 10.1. The summed E-state index contributed by atoms with van der Waals surface area (Å²) in [5, 5.41) is 26.3. The highest BCUT2D eigenvalue weighted by Gasteiger charge is 2.21. The van der Waals surface area contributed by atoms with E-state index in [9.17, 15) is 14.6 Å². The fourth-order valence-electron chi connectivity index (χ4n) is 4.37. The molecule has 2 aromatic rings. The van der Waals surface area contributed by atoms with Gasteiger partial charge in [0.2, 0.25) is 6.23 Å². The maximum Gasteiger partial charge on any atom is 0.206 e. The predicted octanol–water partition coefficient (Wildman–Crippen LogP) is 3.06. The van der Waals surface area contributed by atoms with Gasteiger partial charge in [0.1, 0.15) is 0 Å². The molecule has 196 valence electrons. The highest BCUT2D eigenvalue weighted by atomic mass is 19.1. The number of rotatable bonds is 10. The second-order valence-corrected chi connectivity index (χ2v) is 9.27. The minimum absolute atomic E-state index is 0.00369. The fraction of sp³-hybridized carbons (Fsp3) is 0.414. The van der Waals surface area contributed by atoms with Crippen LogP contribution in [0, 0.1) is 11.8 Å². The van der Waals surface area contributed by atoms with Crippen LogP contribution in [0.3, 0.4) is 0 Å². The molecule has 2 aromatic carbocycles. The van der Waals surface area contributed by atoms with Gasteiger partial charge in [-0.25, -0.2) is 4.99 Å². The molecule has 4 N–H and O–H groups in total. The van der Waals surface area contributed by atoms with Gasteiger partial charge < -0.3 is 25.6 Å². The first-order chi connectivity index (χ1) is 18.1. The van der Waals surface area contributed by atoms with E-state index >= 15 is 0 Å². The molecule has 0 aliphatic carbocycles. The molecule has 8 heteroatoms. The van der Waals surface area contributed by atoms with E-state index in [4.69, 9.17) is 4.74 Å². The van der Waals surface area contributed by atoms with E-state index in [2.05, 4.69) is 56.6 Å². The van der Waals surface area contributed by atoms with Crippen LogP contribution in [0.4, 0.5) is 4.39 Å². The summed E-state index contributed by atoms with van der Waals surface area (Å²) in [6.07, 6.45) is 1.07. The Balaban J connectivity index is 1.39. The Morgan fingerprint density at radius 1 is 1.08 bits per heavy atom. The second kappa shape index (κ2) is 13.9. The van der Waals surface area contributed by atoms with Crippen molar-refractivity contribution in [1.29, 1.82) is 0 Å². The van der Waals surface area contributed by atoms with Crippen LogP contribution < -0.4 is 10.6 Å². The third-order valence-electron chi connectivity index (χ3n) is 6.53. The lowest BCUT2D eigenvalue weighted by molar-refractivity contribution is 0.0342. The number of allylic oxidation sites excluding steroid dienone is 1. The van der Waals surface area contributed by atoms with Crippen molar-refractivity contribution in [3.63, 3.8) is 0 Å². The van der Waals surface area contributed by atoms with E-state index in [0.29, 0.717) is 31.6 Å². The monoisotopic (exact) mass is 506 g/mol. The van der Waals surface area contributed by atoms with Gasteiger partial charge in [-0.1, -0.05) is 36.1 Å². The number of morpholine rings is 1. The average molecular weight is 507 g/mol. The van der Waals surface area contributed by atoms with Gasteiger partial charge in [0, 0.05) is 43.2 Å². The number of aliphatic hydroxyl groups excluding tert-OH is 2. The van der Waals surface area contributed by atoms with Gasteiger partial charge >= 0.3 is 0 Å². The molecule has 1 saturated heterocycles. The summed E-state index contributed by atoms with van der Waals surface area (Å²) in [5.41, 5.74) is 4.74. The standard InChI is InChI=1S/C29H35FN4O3/c30-12-1-13-31-19-26(18-27-28(35)29(36)33-21-32-27)25-10-8-23(9-11-25)3-2-22-4-6-24(7-5-22)20-34-14-16-37-17-15-34/h4-11,21,26,29,31,35-36H,1,12-20H2,(H,32,33). The number of aliphatic hydroxyl groups is 2. The Hall–Kier alpha value is -3.22. The van der Waals surface area contributed by atoms with E-state index in [1.807, 2.05) is 24.3 Å². The van der Waals surface area contributed by atoms with Gasteiger partial charge in [-0.05, 0) is 54.8 Å². The molecular formula is C29H35FN4O3. The van der Waals surface area contributed by atoms with Crippen LogP contribution in [0.5, 0.6) is 0 Å². The molecule has 4 rings (SSSR count). The smallest absolute Gasteiger partial charge is 0.206 e. The van der Waals surface area contributed by atoms with Gasteiger partial charge in [0.15, 0.2) is 5.76 Å². The lowest BCUT2D eigenvalue weighted by atomic mass is 9.92. The second-order valence-electron chi connectivity index (χ2n) is 9.27. The van der Waals surface area contributed by atoms with E-state index in [-0.39, 0.29) is 18.4 Å². The molecule has 37 heavy (non-hydrogen) atoms. The highest BCUT2D eigenvalue weighted by Crippen LogP contribution is 2.25. The van der Waals surface area contributed by atoms with Crippen LogP contribution >= 0.6 is 0 Å². The van der Waals surface area contributed by atoms with E-state index < -0.39 is 6.23 Å². The number of nitrogens with zero attached hydrogens (tertiary/aromatic N) is 2. The summed E-state index contributed by atoms with van der Waals surface area (Å²) in [6.45, 7) is 5.28. The van der Waals surface area contributed by atoms with Crippen LogP contribution in [0.2, 0.25) is 0 Å². The van der Waals surface area contributed by atoms with E-state index in [1.165, 1.54) is 11.9 Å². The number of hydrogen-bond donors (Lipinski definition) is 4. The lowest BCUT2D eigenvalue weighted by Gasteiger charge is -2.26. The molecule has 0 aromatic heterocycles. The molecule has 0 saturated carbocycles. The Labute approximate surface area is 218 Å². The number of aliphatic imine (C=N–C) groups is 1.